The minimum Gasteiger partial charge on any atom is -0.491 e. The first-order valence-corrected chi connectivity index (χ1v) is 5.43. The molecule has 0 spiro atoms. The van der Waals surface area contributed by atoms with Crippen molar-refractivity contribution in [2.24, 2.45) is 0 Å². The van der Waals surface area contributed by atoms with Crippen LogP contribution < -0.4 is 10.1 Å². The molecule has 0 radical (unpaired) electrons. The Bertz CT molecular complexity index is 324. The van der Waals surface area contributed by atoms with Crippen molar-refractivity contribution in [1.82, 2.24) is 5.32 Å². The van der Waals surface area contributed by atoms with E-state index in [1.54, 1.807) is 0 Å². The smallest absolute Gasteiger partial charge is 0.136 e. The Labute approximate surface area is 95.1 Å². The number of thiophene rings is 1. The Kier molecular flexibility index (Phi) is 3.81. The van der Waals surface area contributed by atoms with Crippen LogP contribution in [-0.4, -0.2) is 19.7 Å². The summed E-state index contributed by atoms with van der Waals surface area (Å²) in [5.74, 6) is 1.15. The second-order valence-electron chi connectivity index (χ2n) is 3.54. The van der Waals surface area contributed by atoms with Crippen molar-refractivity contribution in [3.63, 3.8) is 0 Å². The van der Waals surface area contributed by atoms with E-state index in [2.05, 4.69) is 19.2 Å². The molecule has 0 aliphatic carbocycles. The monoisotopic (exact) mass is 233 g/mol. The van der Waals surface area contributed by atoms with Crippen molar-refractivity contribution in [3.8, 4) is 5.75 Å². The van der Waals surface area contributed by atoms with Crippen LogP contribution in [-0.2, 0) is 6.42 Å². The summed E-state index contributed by atoms with van der Waals surface area (Å²) in [6.07, 6.45) is 1.12. The van der Waals surface area contributed by atoms with Crippen molar-refractivity contribution in [1.29, 1.82) is 0 Å². The maximum absolute atomic E-state index is 5.73. The third-order valence-corrected chi connectivity index (χ3v) is 3.88. The normalized spacial score (nSPS) is 19.5. The molecule has 0 aromatic carbocycles. The highest BCUT2D eigenvalue weighted by Gasteiger charge is 2.22. The van der Waals surface area contributed by atoms with Gasteiger partial charge in [-0.3, -0.25) is 0 Å². The van der Waals surface area contributed by atoms with Gasteiger partial charge >= 0.3 is 0 Å². The molecule has 1 aromatic heterocycles. The van der Waals surface area contributed by atoms with Crippen LogP contribution in [0.5, 0.6) is 5.75 Å². The van der Waals surface area contributed by atoms with E-state index >= 15 is 0 Å². The number of rotatable bonds is 1. The highest BCUT2D eigenvalue weighted by Crippen LogP contribution is 2.37. The molecule has 1 aromatic rings. The van der Waals surface area contributed by atoms with E-state index in [0.29, 0.717) is 6.04 Å². The largest absolute Gasteiger partial charge is 0.491 e. The second-order valence-corrected chi connectivity index (χ2v) is 4.85. The van der Waals surface area contributed by atoms with Crippen LogP contribution in [0.3, 0.4) is 0 Å². The van der Waals surface area contributed by atoms with Crippen LogP contribution in [0.1, 0.15) is 15.3 Å². The van der Waals surface area contributed by atoms with Gasteiger partial charge in [0.25, 0.3) is 0 Å². The highest BCUT2D eigenvalue weighted by atomic mass is 35.5. The lowest BCUT2D eigenvalue weighted by molar-refractivity contribution is 0.247. The van der Waals surface area contributed by atoms with Gasteiger partial charge in [-0.25, -0.2) is 0 Å². The molecule has 2 nitrogen and oxygen atoms in total. The van der Waals surface area contributed by atoms with Crippen molar-refractivity contribution in [2.75, 3.05) is 13.7 Å². The van der Waals surface area contributed by atoms with E-state index in [1.165, 1.54) is 15.3 Å². The number of ether oxygens (including phenoxy) is 1. The van der Waals surface area contributed by atoms with Gasteiger partial charge in [0, 0.05) is 27.8 Å². The van der Waals surface area contributed by atoms with E-state index in [-0.39, 0.29) is 12.4 Å². The SMILES string of the molecule is CNC1COc2c(sc(C)c2C)C1.Cl. The van der Waals surface area contributed by atoms with E-state index in [1.807, 2.05) is 18.4 Å². The minimum atomic E-state index is 0. The molecular formula is C10H16ClNOS. The van der Waals surface area contributed by atoms with Crippen LogP contribution in [0.25, 0.3) is 0 Å². The first-order chi connectivity index (χ1) is 6.22. The predicted molar refractivity (Wildman–Crippen MR) is 63.1 cm³/mol. The van der Waals surface area contributed by atoms with Crippen LogP contribution in [0.15, 0.2) is 0 Å². The van der Waals surface area contributed by atoms with Crippen LogP contribution >= 0.6 is 23.7 Å². The summed E-state index contributed by atoms with van der Waals surface area (Å²) in [6.45, 7) is 5.11. The molecule has 0 saturated heterocycles. The third-order valence-electron chi connectivity index (χ3n) is 2.67. The first-order valence-electron chi connectivity index (χ1n) is 4.61. The van der Waals surface area contributed by atoms with E-state index in [4.69, 9.17) is 4.74 Å². The summed E-state index contributed by atoms with van der Waals surface area (Å²) in [5, 5.41) is 3.26. The van der Waals surface area contributed by atoms with Crippen molar-refractivity contribution < 1.29 is 4.74 Å². The van der Waals surface area contributed by atoms with Crippen LogP contribution in [0.4, 0.5) is 0 Å². The van der Waals surface area contributed by atoms with Gasteiger partial charge in [0.2, 0.25) is 0 Å². The number of nitrogens with one attached hydrogen (secondary N) is 1. The highest BCUT2D eigenvalue weighted by molar-refractivity contribution is 7.12. The number of hydrogen-bond acceptors (Lipinski definition) is 3. The summed E-state index contributed by atoms with van der Waals surface area (Å²) in [7, 11) is 1.99. The summed E-state index contributed by atoms with van der Waals surface area (Å²) < 4.78 is 5.73. The molecule has 0 saturated carbocycles. The van der Waals surface area contributed by atoms with Gasteiger partial charge in [0.15, 0.2) is 0 Å². The Morgan fingerprint density at radius 2 is 2.14 bits per heavy atom. The number of fused-ring (bicyclic) bond motifs is 1. The maximum Gasteiger partial charge on any atom is 0.136 e. The molecule has 0 amide bonds. The number of halogens is 1. The summed E-state index contributed by atoms with van der Waals surface area (Å²) >= 11 is 1.87. The molecule has 1 aliphatic rings. The van der Waals surface area contributed by atoms with Gasteiger partial charge in [-0.15, -0.1) is 23.7 Å². The first kappa shape index (κ1) is 11.8. The molecule has 1 N–H and O–H groups in total. The van der Waals surface area contributed by atoms with Crippen LogP contribution in [0.2, 0.25) is 0 Å². The maximum atomic E-state index is 5.73. The fourth-order valence-corrected chi connectivity index (χ4v) is 2.86. The Hall–Kier alpha value is -0.250. The van der Waals surface area contributed by atoms with E-state index in [0.717, 1.165) is 18.8 Å². The van der Waals surface area contributed by atoms with E-state index in [9.17, 15) is 0 Å². The van der Waals surface area contributed by atoms with Gasteiger partial charge < -0.3 is 10.1 Å². The summed E-state index contributed by atoms with van der Waals surface area (Å²) in [6, 6.07) is 0.491. The summed E-state index contributed by atoms with van der Waals surface area (Å²) in [4.78, 5) is 2.79. The second kappa shape index (κ2) is 4.51. The van der Waals surface area contributed by atoms with Crippen molar-refractivity contribution in [2.45, 2.75) is 26.3 Å². The lowest BCUT2D eigenvalue weighted by Gasteiger charge is -2.22. The van der Waals surface area contributed by atoms with Gasteiger partial charge in [0.1, 0.15) is 12.4 Å². The van der Waals surface area contributed by atoms with E-state index < -0.39 is 0 Å². The molecule has 14 heavy (non-hydrogen) atoms. The standard InChI is InChI=1S/C10H15NOS.ClH/c1-6-7(2)13-9-4-8(11-3)5-12-10(6)9;/h8,11H,4-5H2,1-3H3;1H. The molecule has 1 unspecified atom stereocenters. The zero-order valence-corrected chi connectivity index (χ0v) is 10.3. The average Bonchev–Trinajstić information content (AvgIpc) is 2.42. The van der Waals surface area contributed by atoms with Gasteiger partial charge in [0.05, 0.1) is 0 Å². The predicted octanol–water partition coefficient (Wildman–Crippen LogP) is 2.31. The Balaban J connectivity index is 0.000000980. The molecule has 1 atom stereocenters. The Morgan fingerprint density at radius 1 is 1.43 bits per heavy atom. The molecular weight excluding hydrogens is 218 g/mol. The Morgan fingerprint density at radius 3 is 2.79 bits per heavy atom. The van der Waals surface area contributed by atoms with Gasteiger partial charge in [-0.1, -0.05) is 0 Å². The molecule has 4 heteroatoms. The lowest BCUT2D eigenvalue weighted by atomic mass is 10.1. The zero-order valence-electron chi connectivity index (χ0n) is 8.72. The molecule has 0 bridgehead atoms. The number of likely N-dealkylation sites (N-methyl/N-ethyl adjacent to an activating group) is 1. The third kappa shape index (κ3) is 1.90. The molecule has 1 aliphatic heterocycles. The van der Waals surface area contributed by atoms with Crippen molar-refractivity contribution >= 4 is 23.7 Å². The average molecular weight is 234 g/mol. The van der Waals surface area contributed by atoms with Gasteiger partial charge in [-0.2, -0.15) is 0 Å². The minimum absolute atomic E-state index is 0. The number of aryl methyl sites for hydroxylation is 1. The number of hydrogen-bond donors (Lipinski definition) is 1. The molecule has 0 fully saturated rings. The summed E-state index contributed by atoms with van der Waals surface area (Å²) in [5.41, 5.74) is 1.33. The molecule has 80 valence electrons. The van der Waals surface area contributed by atoms with Crippen molar-refractivity contribution in [3.05, 3.63) is 15.3 Å². The molecule has 2 heterocycles. The van der Waals surface area contributed by atoms with Crippen LogP contribution in [0, 0.1) is 13.8 Å². The topological polar surface area (TPSA) is 21.3 Å². The lowest BCUT2D eigenvalue weighted by Crippen LogP contribution is -2.36. The quantitative estimate of drug-likeness (QED) is 0.804. The van der Waals surface area contributed by atoms with Gasteiger partial charge in [-0.05, 0) is 20.9 Å². The molecule has 2 rings (SSSR count). The fourth-order valence-electron chi connectivity index (χ4n) is 1.65. The zero-order chi connectivity index (χ0) is 9.42. The fraction of sp³-hybridized carbons (Fsp3) is 0.600.